The van der Waals surface area contributed by atoms with Crippen molar-refractivity contribution in [1.29, 1.82) is 0 Å². The molecule has 1 aromatic heterocycles. The van der Waals surface area contributed by atoms with Crippen molar-refractivity contribution in [3.63, 3.8) is 0 Å². The van der Waals surface area contributed by atoms with Gasteiger partial charge < -0.3 is 15.0 Å². The molecule has 0 saturated carbocycles. The highest BCUT2D eigenvalue weighted by atomic mass is 19.4. The first kappa shape index (κ1) is 16.3. The number of amides is 1. The monoisotopic (exact) mass is 304 g/mol. The quantitative estimate of drug-likeness (QED) is 0.835. The van der Waals surface area contributed by atoms with Crippen molar-refractivity contribution in [3.8, 4) is 0 Å². The maximum atomic E-state index is 12.6. The molecule has 1 rings (SSSR count). The molecule has 0 aliphatic rings. The van der Waals surface area contributed by atoms with Crippen molar-refractivity contribution >= 4 is 5.91 Å². The molecule has 10 heteroatoms. The van der Waals surface area contributed by atoms with Crippen molar-refractivity contribution in [2.75, 3.05) is 6.54 Å². The average molecular weight is 304 g/mol. The first-order valence-corrected chi connectivity index (χ1v) is 5.19. The minimum absolute atomic E-state index is 0.634. The fourth-order valence-electron chi connectivity index (χ4n) is 1.39. The number of carbonyl (C=O) groups excluding carboxylic acids is 1. The van der Waals surface area contributed by atoms with Crippen LogP contribution in [0.15, 0.2) is 12.4 Å². The number of rotatable bonds is 3. The molecule has 4 nitrogen and oxygen atoms in total. The first-order chi connectivity index (χ1) is 8.93. The summed E-state index contributed by atoms with van der Waals surface area (Å²) in [4.78, 5) is 11.5. The van der Waals surface area contributed by atoms with Gasteiger partial charge in [-0.3, -0.25) is 4.79 Å². The van der Waals surface area contributed by atoms with Crippen molar-refractivity contribution in [1.82, 2.24) is 9.88 Å². The molecule has 1 aromatic rings. The Labute approximate surface area is 109 Å². The summed E-state index contributed by atoms with van der Waals surface area (Å²) in [5, 5.41) is 10.3. The van der Waals surface area contributed by atoms with Crippen LogP contribution < -0.4 is 5.32 Å². The van der Waals surface area contributed by atoms with E-state index in [2.05, 4.69) is 0 Å². The molecule has 0 aliphatic carbocycles. The molecule has 0 aromatic carbocycles. The standard InChI is InChI=1S/C10H10F6N2O2/c1-18-3-5(6(4-18)9(11,12)13)8(20)17-2-7(19)10(14,15)16/h3-4,7,19H,2H2,1H3,(H,17,20)/t7-/m1/s1. The van der Waals surface area contributed by atoms with Gasteiger partial charge in [-0.15, -0.1) is 0 Å². The van der Waals surface area contributed by atoms with Crippen molar-refractivity contribution in [2.45, 2.75) is 18.5 Å². The van der Waals surface area contributed by atoms with Gasteiger partial charge in [0.2, 0.25) is 0 Å². The molecule has 114 valence electrons. The van der Waals surface area contributed by atoms with E-state index in [1.54, 1.807) is 5.32 Å². The van der Waals surface area contributed by atoms with Crippen LogP contribution >= 0.6 is 0 Å². The predicted molar refractivity (Wildman–Crippen MR) is 54.8 cm³/mol. The summed E-state index contributed by atoms with van der Waals surface area (Å²) in [5.41, 5.74) is -2.08. The fraction of sp³-hybridized carbons (Fsp3) is 0.500. The highest BCUT2D eigenvalue weighted by Gasteiger charge is 2.39. The summed E-state index contributed by atoms with van der Waals surface area (Å²) in [5.74, 6) is -1.35. The lowest BCUT2D eigenvalue weighted by Crippen LogP contribution is -2.41. The molecule has 1 atom stereocenters. The predicted octanol–water partition coefficient (Wildman–Crippen LogP) is 1.70. The number of alkyl halides is 6. The third-order valence-electron chi connectivity index (χ3n) is 2.34. The number of hydrogen-bond acceptors (Lipinski definition) is 2. The van der Waals surface area contributed by atoms with E-state index in [0.717, 1.165) is 10.8 Å². The van der Waals surface area contributed by atoms with E-state index in [0.29, 0.717) is 6.20 Å². The van der Waals surface area contributed by atoms with Crippen LogP contribution in [0.2, 0.25) is 0 Å². The lowest BCUT2D eigenvalue weighted by atomic mass is 10.2. The summed E-state index contributed by atoms with van der Waals surface area (Å²) >= 11 is 0. The smallest absolute Gasteiger partial charge is 0.382 e. The van der Waals surface area contributed by atoms with Crippen LogP contribution in [0.3, 0.4) is 0 Å². The van der Waals surface area contributed by atoms with Crippen LogP contribution in [0.5, 0.6) is 0 Å². The maximum Gasteiger partial charge on any atom is 0.418 e. The Balaban J connectivity index is 2.84. The highest BCUT2D eigenvalue weighted by Crippen LogP contribution is 2.32. The Bertz CT molecular complexity index is 491. The molecule has 0 aliphatic heterocycles. The van der Waals surface area contributed by atoms with Gasteiger partial charge in [-0.05, 0) is 0 Å². The summed E-state index contributed by atoms with van der Waals surface area (Å²) < 4.78 is 74.7. The second kappa shape index (κ2) is 5.35. The van der Waals surface area contributed by atoms with Crippen LogP contribution in [0.1, 0.15) is 15.9 Å². The highest BCUT2D eigenvalue weighted by molar-refractivity contribution is 5.95. The molecule has 0 spiro atoms. The SMILES string of the molecule is Cn1cc(C(=O)NC[C@@H](O)C(F)(F)F)c(C(F)(F)F)c1. The van der Waals surface area contributed by atoms with E-state index in [1.165, 1.54) is 7.05 Å². The van der Waals surface area contributed by atoms with Crippen LogP contribution in [0.25, 0.3) is 0 Å². The summed E-state index contributed by atoms with van der Waals surface area (Å²) in [7, 11) is 1.23. The van der Waals surface area contributed by atoms with Crippen LogP contribution in [-0.4, -0.2) is 34.4 Å². The first-order valence-electron chi connectivity index (χ1n) is 5.19. The minimum Gasteiger partial charge on any atom is -0.382 e. The molecular formula is C10H10F6N2O2. The van der Waals surface area contributed by atoms with E-state index in [9.17, 15) is 31.1 Å². The van der Waals surface area contributed by atoms with Gasteiger partial charge in [0.05, 0.1) is 17.7 Å². The zero-order chi connectivity index (χ0) is 15.7. The molecule has 0 bridgehead atoms. The lowest BCUT2D eigenvalue weighted by Gasteiger charge is -2.15. The van der Waals surface area contributed by atoms with Gasteiger partial charge in [-0.2, -0.15) is 26.3 Å². The van der Waals surface area contributed by atoms with E-state index in [1.807, 2.05) is 0 Å². The zero-order valence-corrected chi connectivity index (χ0v) is 10.0. The van der Waals surface area contributed by atoms with E-state index >= 15 is 0 Å². The van der Waals surface area contributed by atoms with E-state index in [-0.39, 0.29) is 0 Å². The molecule has 20 heavy (non-hydrogen) atoms. The molecule has 2 N–H and O–H groups in total. The molecule has 0 radical (unpaired) electrons. The molecule has 0 saturated heterocycles. The van der Waals surface area contributed by atoms with Gasteiger partial charge in [0, 0.05) is 19.4 Å². The number of aliphatic hydroxyl groups excluding tert-OH is 1. The topological polar surface area (TPSA) is 54.3 Å². The molecule has 1 amide bonds. The Hall–Kier alpha value is -1.71. The lowest BCUT2D eigenvalue weighted by molar-refractivity contribution is -0.201. The Morgan fingerprint density at radius 1 is 1.30 bits per heavy atom. The van der Waals surface area contributed by atoms with Gasteiger partial charge >= 0.3 is 12.4 Å². The van der Waals surface area contributed by atoms with E-state index < -0.39 is 42.0 Å². The van der Waals surface area contributed by atoms with Crippen molar-refractivity contribution in [3.05, 3.63) is 23.5 Å². The fourth-order valence-corrected chi connectivity index (χ4v) is 1.39. The maximum absolute atomic E-state index is 12.6. The number of nitrogens with zero attached hydrogens (tertiary/aromatic N) is 1. The molecule has 1 heterocycles. The second-order valence-corrected chi connectivity index (χ2v) is 4.02. The number of aliphatic hydroxyl groups is 1. The van der Waals surface area contributed by atoms with Gasteiger partial charge in [0.25, 0.3) is 5.91 Å². The minimum atomic E-state index is -4.96. The van der Waals surface area contributed by atoms with E-state index in [4.69, 9.17) is 5.11 Å². The summed E-state index contributed by atoms with van der Waals surface area (Å²) in [6.45, 7) is -1.23. The number of halogens is 6. The average Bonchev–Trinajstić information content (AvgIpc) is 2.66. The Morgan fingerprint density at radius 2 is 1.85 bits per heavy atom. The second-order valence-electron chi connectivity index (χ2n) is 4.02. The largest absolute Gasteiger partial charge is 0.418 e. The van der Waals surface area contributed by atoms with Crippen LogP contribution in [0.4, 0.5) is 26.3 Å². The Morgan fingerprint density at radius 3 is 2.30 bits per heavy atom. The number of hydrogen-bond donors (Lipinski definition) is 2. The zero-order valence-electron chi connectivity index (χ0n) is 10.0. The van der Waals surface area contributed by atoms with Gasteiger partial charge in [0.1, 0.15) is 0 Å². The molecular weight excluding hydrogens is 294 g/mol. The number of aryl methyl sites for hydroxylation is 1. The summed E-state index contributed by atoms with van der Waals surface area (Å²) in [6, 6.07) is 0. The molecule has 0 fully saturated rings. The Kier molecular flexibility index (Phi) is 4.37. The van der Waals surface area contributed by atoms with Gasteiger partial charge in [-0.25, -0.2) is 0 Å². The third-order valence-corrected chi connectivity index (χ3v) is 2.34. The van der Waals surface area contributed by atoms with Gasteiger partial charge in [-0.1, -0.05) is 0 Å². The normalized spacial score (nSPS) is 14.2. The van der Waals surface area contributed by atoms with Crippen molar-refractivity contribution in [2.24, 2.45) is 7.05 Å². The number of aromatic nitrogens is 1. The third kappa shape index (κ3) is 3.89. The summed E-state index contributed by atoms with van der Waals surface area (Å²) in [6.07, 6.45) is -11.1. The van der Waals surface area contributed by atoms with Crippen LogP contribution in [-0.2, 0) is 13.2 Å². The number of nitrogens with one attached hydrogen (secondary N) is 1. The van der Waals surface area contributed by atoms with Crippen LogP contribution in [0, 0.1) is 0 Å². The van der Waals surface area contributed by atoms with Crippen molar-refractivity contribution < 1.29 is 36.2 Å². The molecule has 0 unspecified atom stereocenters. The number of carbonyl (C=O) groups is 1. The van der Waals surface area contributed by atoms with Gasteiger partial charge in [0.15, 0.2) is 6.10 Å².